The second-order valence-electron chi connectivity index (χ2n) is 10.1. The molecule has 2 amide bonds. The molecule has 0 aromatic carbocycles. The fraction of sp³-hybridized carbons (Fsp3) is 0.900. The first-order valence-electron chi connectivity index (χ1n) is 9.86. The number of amides is 2. The summed E-state index contributed by atoms with van der Waals surface area (Å²) in [6.45, 7) is 9.16. The Morgan fingerprint density at radius 1 is 1.12 bits per heavy atom. The Morgan fingerprint density at radius 2 is 1.76 bits per heavy atom. The first kappa shape index (κ1) is 17.3. The van der Waals surface area contributed by atoms with E-state index < -0.39 is 0 Å². The summed E-state index contributed by atoms with van der Waals surface area (Å²) < 4.78 is 5.99. The molecule has 5 aliphatic rings. The molecule has 5 heteroatoms. The lowest BCUT2D eigenvalue weighted by molar-refractivity contribution is -0.181. The van der Waals surface area contributed by atoms with Gasteiger partial charge in [-0.2, -0.15) is 0 Å². The third kappa shape index (κ3) is 2.98. The molecular formula is C20H32N2O3. The van der Waals surface area contributed by atoms with E-state index in [1.807, 2.05) is 0 Å². The van der Waals surface area contributed by atoms with E-state index in [0.717, 1.165) is 32.1 Å². The molecule has 1 heterocycles. The van der Waals surface area contributed by atoms with Crippen LogP contribution in [0.3, 0.4) is 0 Å². The summed E-state index contributed by atoms with van der Waals surface area (Å²) in [4.78, 5) is 27.5. The van der Waals surface area contributed by atoms with Gasteiger partial charge in [0.1, 0.15) is 0 Å². The fourth-order valence-corrected chi connectivity index (χ4v) is 6.98. The number of rotatable bonds is 2. The number of carbonyl (C=O) groups excluding carboxylic acids is 2. The van der Waals surface area contributed by atoms with Crippen LogP contribution in [0.15, 0.2) is 0 Å². The number of hydrogen-bond acceptors (Lipinski definition) is 3. The van der Waals surface area contributed by atoms with Crippen molar-refractivity contribution in [3.63, 3.8) is 0 Å². The third-order valence-electron chi connectivity index (χ3n) is 6.81. The number of morpholine rings is 1. The minimum atomic E-state index is -0.287. The number of nitrogens with zero attached hydrogens (tertiary/aromatic N) is 1. The Labute approximate surface area is 150 Å². The van der Waals surface area contributed by atoms with Crippen LogP contribution >= 0.6 is 0 Å². The van der Waals surface area contributed by atoms with E-state index in [2.05, 4.69) is 31.0 Å². The van der Waals surface area contributed by atoms with Crippen LogP contribution in [0, 0.1) is 17.3 Å². The lowest BCUT2D eigenvalue weighted by Crippen LogP contribution is -2.67. The fourth-order valence-electron chi connectivity index (χ4n) is 6.98. The molecule has 5 nitrogen and oxygen atoms in total. The predicted octanol–water partition coefficient (Wildman–Crippen LogP) is 2.49. The van der Waals surface area contributed by atoms with Gasteiger partial charge in [0.15, 0.2) is 0 Å². The molecule has 1 saturated heterocycles. The molecule has 25 heavy (non-hydrogen) atoms. The number of hydrogen-bond donors (Lipinski definition) is 1. The predicted molar refractivity (Wildman–Crippen MR) is 94.9 cm³/mol. The molecule has 1 N–H and O–H groups in total. The van der Waals surface area contributed by atoms with Crippen molar-refractivity contribution >= 4 is 11.8 Å². The minimum absolute atomic E-state index is 0.0469. The smallest absolute Gasteiger partial charge is 0.229 e. The second-order valence-corrected chi connectivity index (χ2v) is 10.1. The van der Waals surface area contributed by atoms with E-state index in [1.165, 1.54) is 6.42 Å². The highest BCUT2D eigenvalue weighted by Crippen LogP contribution is 2.62. The Bertz CT molecular complexity index is 586. The molecule has 0 aromatic heterocycles. The highest BCUT2D eigenvalue weighted by atomic mass is 16.5. The molecule has 0 aromatic rings. The molecule has 4 saturated carbocycles. The zero-order valence-corrected chi connectivity index (χ0v) is 16.1. The van der Waals surface area contributed by atoms with Crippen LogP contribution in [0.4, 0.5) is 0 Å². The molecule has 2 unspecified atom stereocenters. The molecular weight excluding hydrogens is 316 g/mol. The largest absolute Gasteiger partial charge is 0.369 e. The normalized spacial score (nSPS) is 44.6. The average molecular weight is 348 g/mol. The standard InChI is InChI=1S/C20H32N2O3/c1-13-10-22(12-18(3,4)25-13)17(24)19-6-15-5-16(7-19)9-20(8-15,11-19)21-14(2)23/h13,15-16H,5-12H2,1-4H3,(H,21,23)/t13-,15-,16+,19?,20?/m1/s1. The van der Waals surface area contributed by atoms with Crippen molar-refractivity contribution in [1.82, 2.24) is 10.2 Å². The van der Waals surface area contributed by atoms with E-state index in [9.17, 15) is 9.59 Å². The highest BCUT2D eigenvalue weighted by molar-refractivity contribution is 5.84. The Kier molecular flexibility index (Phi) is 3.77. The van der Waals surface area contributed by atoms with Gasteiger partial charge in [0.2, 0.25) is 11.8 Å². The van der Waals surface area contributed by atoms with Crippen molar-refractivity contribution in [1.29, 1.82) is 0 Å². The van der Waals surface area contributed by atoms with Crippen molar-refractivity contribution in [2.24, 2.45) is 17.3 Å². The molecule has 4 bridgehead atoms. The van der Waals surface area contributed by atoms with E-state index in [-0.39, 0.29) is 28.6 Å². The van der Waals surface area contributed by atoms with Crippen LogP contribution in [0.5, 0.6) is 0 Å². The third-order valence-corrected chi connectivity index (χ3v) is 6.81. The molecule has 5 rings (SSSR count). The van der Waals surface area contributed by atoms with Crippen LogP contribution in [-0.2, 0) is 14.3 Å². The summed E-state index contributed by atoms with van der Waals surface area (Å²) in [6.07, 6.45) is 6.28. The maximum absolute atomic E-state index is 13.7. The molecule has 4 aliphatic carbocycles. The molecule has 0 spiro atoms. The Hall–Kier alpha value is -1.10. The zero-order chi connectivity index (χ0) is 18.0. The summed E-state index contributed by atoms with van der Waals surface area (Å²) in [5, 5.41) is 3.26. The van der Waals surface area contributed by atoms with Crippen LogP contribution in [0.2, 0.25) is 0 Å². The van der Waals surface area contributed by atoms with E-state index in [0.29, 0.717) is 30.8 Å². The van der Waals surface area contributed by atoms with Gasteiger partial charge in [0.25, 0.3) is 0 Å². The van der Waals surface area contributed by atoms with Crippen LogP contribution in [0.1, 0.15) is 66.2 Å². The first-order valence-corrected chi connectivity index (χ1v) is 9.86. The van der Waals surface area contributed by atoms with E-state index >= 15 is 0 Å². The van der Waals surface area contributed by atoms with Gasteiger partial charge in [-0.05, 0) is 71.1 Å². The Morgan fingerprint density at radius 3 is 2.32 bits per heavy atom. The summed E-state index contributed by atoms with van der Waals surface area (Å²) in [5.74, 6) is 1.54. The van der Waals surface area contributed by atoms with Gasteiger partial charge < -0.3 is 15.0 Å². The lowest BCUT2D eigenvalue weighted by atomic mass is 9.46. The number of nitrogens with one attached hydrogen (secondary N) is 1. The van der Waals surface area contributed by atoms with Crippen molar-refractivity contribution < 1.29 is 14.3 Å². The van der Waals surface area contributed by atoms with Gasteiger partial charge >= 0.3 is 0 Å². The first-order chi connectivity index (χ1) is 11.6. The number of ether oxygens (including phenoxy) is 1. The van der Waals surface area contributed by atoms with Crippen LogP contribution in [0.25, 0.3) is 0 Å². The monoisotopic (exact) mass is 348 g/mol. The van der Waals surface area contributed by atoms with Crippen molar-refractivity contribution in [3.8, 4) is 0 Å². The molecule has 0 radical (unpaired) electrons. The van der Waals surface area contributed by atoms with Crippen molar-refractivity contribution in [2.75, 3.05) is 13.1 Å². The maximum Gasteiger partial charge on any atom is 0.229 e. The molecule has 140 valence electrons. The van der Waals surface area contributed by atoms with Crippen LogP contribution in [-0.4, -0.2) is 47.0 Å². The SMILES string of the molecule is CC(=O)NC12C[C@H]3C[C@@H](C1)CC(C(=O)N1C[C@@H](C)OC(C)(C)C1)(C3)C2. The summed E-state index contributed by atoms with van der Waals surface area (Å²) >= 11 is 0. The highest BCUT2D eigenvalue weighted by Gasteiger charge is 2.61. The summed E-state index contributed by atoms with van der Waals surface area (Å²) in [7, 11) is 0. The molecule has 5 atom stereocenters. The number of carbonyl (C=O) groups is 2. The Balaban J connectivity index is 1.61. The van der Waals surface area contributed by atoms with Crippen molar-refractivity contribution in [2.45, 2.75) is 83.5 Å². The molecule has 1 aliphatic heterocycles. The topological polar surface area (TPSA) is 58.6 Å². The van der Waals surface area contributed by atoms with E-state index in [1.54, 1.807) is 6.92 Å². The van der Waals surface area contributed by atoms with Gasteiger partial charge in [-0.15, -0.1) is 0 Å². The van der Waals surface area contributed by atoms with Gasteiger partial charge in [-0.25, -0.2) is 0 Å². The van der Waals surface area contributed by atoms with Crippen molar-refractivity contribution in [3.05, 3.63) is 0 Å². The van der Waals surface area contributed by atoms with Gasteiger partial charge in [0.05, 0.1) is 17.1 Å². The van der Waals surface area contributed by atoms with E-state index in [4.69, 9.17) is 4.74 Å². The second kappa shape index (κ2) is 5.45. The zero-order valence-electron chi connectivity index (χ0n) is 16.1. The molecule has 5 fully saturated rings. The average Bonchev–Trinajstić information content (AvgIpc) is 2.41. The van der Waals surface area contributed by atoms with Gasteiger partial charge in [-0.3, -0.25) is 9.59 Å². The van der Waals surface area contributed by atoms with Crippen LogP contribution < -0.4 is 5.32 Å². The summed E-state index contributed by atoms with van der Waals surface area (Å²) in [5.41, 5.74) is -0.691. The summed E-state index contributed by atoms with van der Waals surface area (Å²) in [6, 6.07) is 0. The van der Waals surface area contributed by atoms with Gasteiger partial charge in [-0.1, -0.05) is 0 Å². The lowest BCUT2D eigenvalue weighted by Gasteiger charge is -2.62. The minimum Gasteiger partial charge on any atom is -0.369 e. The quantitative estimate of drug-likeness (QED) is 0.834. The maximum atomic E-state index is 13.7. The van der Waals surface area contributed by atoms with Gasteiger partial charge in [0, 0.05) is 25.6 Å².